The summed E-state index contributed by atoms with van der Waals surface area (Å²) >= 11 is 9.18. The minimum atomic E-state index is -0.132. The molecule has 32 heavy (non-hydrogen) atoms. The molecule has 0 bridgehead atoms. The second-order valence-electron chi connectivity index (χ2n) is 7.03. The minimum Gasteiger partial charge on any atom is -0.495 e. The standard InChI is InChI=1S/C25H21ClN2O2S2/c1-16-13-20(21(30-2)14-19(16)26)27-22(29)15-31-25-28-23(17-9-5-3-6-10-17)24(32-25)18-11-7-4-8-12-18/h3-14H,15H2,1-2H3,(H,27,29). The lowest BCUT2D eigenvalue weighted by atomic mass is 10.1. The smallest absolute Gasteiger partial charge is 0.234 e. The Kier molecular flexibility index (Phi) is 7.15. The van der Waals surface area contributed by atoms with Crippen molar-refractivity contribution in [3.8, 4) is 27.4 Å². The number of hydrogen-bond donors (Lipinski definition) is 1. The van der Waals surface area contributed by atoms with Crippen LogP contribution in [0.3, 0.4) is 0 Å². The van der Waals surface area contributed by atoms with Crippen LogP contribution >= 0.6 is 34.7 Å². The molecule has 0 aliphatic rings. The molecule has 1 aromatic heterocycles. The highest BCUT2D eigenvalue weighted by Gasteiger charge is 2.17. The van der Waals surface area contributed by atoms with Crippen molar-refractivity contribution in [1.29, 1.82) is 0 Å². The van der Waals surface area contributed by atoms with Gasteiger partial charge in [0.15, 0.2) is 4.34 Å². The number of thioether (sulfide) groups is 1. The molecule has 4 nitrogen and oxygen atoms in total. The molecule has 1 heterocycles. The molecular weight excluding hydrogens is 460 g/mol. The zero-order valence-electron chi connectivity index (χ0n) is 17.6. The molecule has 0 fully saturated rings. The summed E-state index contributed by atoms with van der Waals surface area (Å²) in [4.78, 5) is 18.6. The number of methoxy groups -OCH3 is 1. The zero-order chi connectivity index (χ0) is 22.5. The Labute approximate surface area is 200 Å². The van der Waals surface area contributed by atoms with Crippen molar-refractivity contribution in [2.75, 3.05) is 18.2 Å². The third-order valence-corrected chi connectivity index (χ3v) is 7.43. The van der Waals surface area contributed by atoms with Gasteiger partial charge in [0.2, 0.25) is 5.91 Å². The van der Waals surface area contributed by atoms with E-state index in [0.29, 0.717) is 16.5 Å². The molecule has 4 rings (SSSR count). The van der Waals surface area contributed by atoms with E-state index >= 15 is 0 Å². The van der Waals surface area contributed by atoms with Crippen molar-refractivity contribution in [2.45, 2.75) is 11.3 Å². The Balaban J connectivity index is 1.53. The molecule has 7 heteroatoms. The van der Waals surface area contributed by atoms with Crippen molar-refractivity contribution >= 4 is 46.3 Å². The molecule has 0 radical (unpaired) electrons. The number of nitrogens with one attached hydrogen (secondary N) is 1. The molecule has 0 unspecified atom stereocenters. The van der Waals surface area contributed by atoms with Gasteiger partial charge >= 0.3 is 0 Å². The first-order chi connectivity index (χ1) is 15.5. The summed E-state index contributed by atoms with van der Waals surface area (Å²) in [5, 5.41) is 3.51. The molecule has 0 saturated carbocycles. The van der Waals surface area contributed by atoms with E-state index in [-0.39, 0.29) is 11.7 Å². The van der Waals surface area contributed by atoms with E-state index < -0.39 is 0 Å². The number of aryl methyl sites for hydroxylation is 1. The van der Waals surface area contributed by atoms with Gasteiger partial charge in [-0.25, -0.2) is 4.98 Å². The highest BCUT2D eigenvalue weighted by Crippen LogP contribution is 2.40. The lowest BCUT2D eigenvalue weighted by molar-refractivity contribution is -0.113. The molecular formula is C25H21ClN2O2S2. The monoisotopic (exact) mass is 480 g/mol. The molecule has 1 amide bonds. The van der Waals surface area contributed by atoms with Crippen molar-refractivity contribution < 1.29 is 9.53 Å². The molecule has 3 aromatic carbocycles. The van der Waals surface area contributed by atoms with Gasteiger partial charge < -0.3 is 10.1 Å². The number of nitrogens with zero attached hydrogens (tertiary/aromatic N) is 1. The number of aromatic nitrogens is 1. The number of halogens is 1. The number of rotatable bonds is 7. The Morgan fingerprint density at radius 3 is 2.38 bits per heavy atom. The van der Waals surface area contributed by atoms with Gasteiger partial charge in [-0.15, -0.1) is 11.3 Å². The van der Waals surface area contributed by atoms with Gasteiger partial charge in [-0.2, -0.15) is 0 Å². The van der Waals surface area contributed by atoms with E-state index in [1.807, 2.05) is 49.4 Å². The normalized spacial score (nSPS) is 10.7. The van der Waals surface area contributed by atoms with Crippen LogP contribution in [0.2, 0.25) is 5.02 Å². The summed E-state index contributed by atoms with van der Waals surface area (Å²) in [6, 6.07) is 23.8. The summed E-state index contributed by atoms with van der Waals surface area (Å²) in [6.45, 7) is 1.89. The van der Waals surface area contributed by atoms with Crippen molar-refractivity contribution in [1.82, 2.24) is 4.98 Å². The van der Waals surface area contributed by atoms with E-state index in [9.17, 15) is 4.79 Å². The fourth-order valence-corrected chi connectivity index (χ4v) is 5.31. The van der Waals surface area contributed by atoms with Crippen LogP contribution in [0.15, 0.2) is 77.1 Å². The van der Waals surface area contributed by atoms with E-state index in [2.05, 4.69) is 29.6 Å². The lowest BCUT2D eigenvalue weighted by Crippen LogP contribution is -2.14. The molecule has 0 spiro atoms. The van der Waals surface area contributed by atoms with Crippen molar-refractivity contribution in [2.24, 2.45) is 0 Å². The number of carbonyl (C=O) groups is 1. The first kappa shape index (κ1) is 22.4. The van der Waals surface area contributed by atoms with E-state index in [1.165, 1.54) is 11.8 Å². The lowest BCUT2D eigenvalue weighted by Gasteiger charge is -2.12. The minimum absolute atomic E-state index is 0.132. The third kappa shape index (κ3) is 5.15. The van der Waals surface area contributed by atoms with Gasteiger partial charge in [0.25, 0.3) is 0 Å². The van der Waals surface area contributed by atoms with Crippen molar-refractivity contribution in [3.63, 3.8) is 0 Å². The summed E-state index contributed by atoms with van der Waals surface area (Å²) in [6.07, 6.45) is 0. The molecule has 4 aromatic rings. The number of anilines is 1. The maximum atomic E-state index is 12.6. The second-order valence-corrected chi connectivity index (χ2v) is 9.66. The van der Waals surface area contributed by atoms with Crippen LogP contribution in [-0.4, -0.2) is 23.8 Å². The summed E-state index contributed by atoms with van der Waals surface area (Å²) < 4.78 is 6.19. The maximum Gasteiger partial charge on any atom is 0.234 e. The Morgan fingerprint density at radius 1 is 1.06 bits per heavy atom. The van der Waals surface area contributed by atoms with E-state index in [4.69, 9.17) is 21.3 Å². The number of carbonyl (C=O) groups excluding carboxylic acids is 1. The number of amides is 1. The van der Waals surface area contributed by atoms with Gasteiger partial charge in [0.05, 0.1) is 29.1 Å². The van der Waals surface area contributed by atoms with Crippen LogP contribution in [0.5, 0.6) is 5.75 Å². The highest BCUT2D eigenvalue weighted by atomic mass is 35.5. The number of hydrogen-bond acceptors (Lipinski definition) is 5. The summed E-state index contributed by atoms with van der Waals surface area (Å²) in [5.74, 6) is 0.638. The van der Waals surface area contributed by atoms with Gasteiger partial charge in [0.1, 0.15) is 5.75 Å². The molecule has 0 saturated heterocycles. The number of ether oxygens (including phenoxy) is 1. The van der Waals surface area contributed by atoms with Gasteiger partial charge in [0, 0.05) is 16.7 Å². The van der Waals surface area contributed by atoms with Crippen LogP contribution in [0.1, 0.15) is 5.56 Å². The number of thiazole rings is 1. The largest absolute Gasteiger partial charge is 0.495 e. The van der Waals surface area contributed by atoms with Gasteiger partial charge in [-0.3, -0.25) is 4.79 Å². The van der Waals surface area contributed by atoms with Crippen LogP contribution in [0.25, 0.3) is 21.7 Å². The zero-order valence-corrected chi connectivity index (χ0v) is 20.0. The summed E-state index contributed by atoms with van der Waals surface area (Å²) in [5.41, 5.74) is 4.57. The molecule has 0 atom stereocenters. The van der Waals surface area contributed by atoms with E-state index in [0.717, 1.165) is 31.6 Å². The SMILES string of the molecule is COc1cc(Cl)c(C)cc1NC(=O)CSc1nc(-c2ccccc2)c(-c2ccccc2)s1. The molecule has 0 aliphatic carbocycles. The number of benzene rings is 3. The van der Waals surface area contributed by atoms with Crippen molar-refractivity contribution in [3.05, 3.63) is 83.4 Å². The van der Waals surface area contributed by atoms with Crippen LogP contribution in [0, 0.1) is 6.92 Å². The summed E-state index contributed by atoms with van der Waals surface area (Å²) in [7, 11) is 1.55. The fourth-order valence-electron chi connectivity index (χ4n) is 3.18. The molecule has 0 aliphatic heterocycles. The second kappa shape index (κ2) is 10.2. The Bertz CT molecular complexity index is 1170. The third-order valence-electron chi connectivity index (χ3n) is 4.77. The van der Waals surface area contributed by atoms with Gasteiger partial charge in [-0.05, 0) is 24.1 Å². The predicted molar refractivity (Wildman–Crippen MR) is 135 cm³/mol. The first-order valence-electron chi connectivity index (χ1n) is 9.93. The maximum absolute atomic E-state index is 12.6. The Hall–Kier alpha value is -2.80. The molecule has 1 N–H and O–H groups in total. The van der Waals surface area contributed by atoms with Crippen LogP contribution in [-0.2, 0) is 4.79 Å². The predicted octanol–water partition coefficient (Wildman–Crippen LogP) is 7.18. The average molecular weight is 481 g/mol. The van der Waals surface area contributed by atoms with E-state index in [1.54, 1.807) is 24.5 Å². The topological polar surface area (TPSA) is 51.2 Å². The van der Waals surface area contributed by atoms with Crippen LogP contribution in [0.4, 0.5) is 5.69 Å². The first-order valence-corrected chi connectivity index (χ1v) is 12.1. The Morgan fingerprint density at radius 2 is 1.72 bits per heavy atom. The average Bonchev–Trinajstić information content (AvgIpc) is 3.25. The van der Waals surface area contributed by atoms with Crippen LogP contribution < -0.4 is 10.1 Å². The quantitative estimate of drug-likeness (QED) is 0.285. The fraction of sp³-hybridized carbons (Fsp3) is 0.120. The molecule has 162 valence electrons. The highest BCUT2D eigenvalue weighted by molar-refractivity contribution is 8.01. The van der Waals surface area contributed by atoms with Gasteiger partial charge in [-0.1, -0.05) is 84.0 Å².